The molecule has 5 nitrogen and oxygen atoms in total. The fourth-order valence-electron chi connectivity index (χ4n) is 1.88. The van der Waals surface area contributed by atoms with Crippen molar-refractivity contribution in [2.24, 2.45) is 0 Å². The third-order valence-corrected chi connectivity index (χ3v) is 2.99. The smallest absolute Gasteiger partial charge is 0.457 e. The largest absolute Gasteiger partial charge is 0.491 e. The van der Waals surface area contributed by atoms with E-state index in [9.17, 15) is 10.1 Å². The van der Waals surface area contributed by atoms with Crippen LogP contribution in [0.25, 0.3) is 0 Å². The quantitative estimate of drug-likeness (QED) is 0.805. The fourth-order valence-corrected chi connectivity index (χ4v) is 1.88. The van der Waals surface area contributed by atoms with Gasteiger partial charge < -0.3 is 19.5 Å². The van der Waals surface area contributed by atoms with Gasteiger partial charge in [-0.3, -0.25) is 0 Å². The first-order valence-corrected chi connectivity index (χ1v) is 6.30. The Kier molecular flexibility index (Phi) is 4.96. The molecule has 2 aromatic carbocycles. The molecule has 0 fully saturated rings. The lowest BCUT2D eigenvalue weighted by Gasteiger charge is -2.12. The highest BCUT2D eigenvalue weighted by Gasteiger charge is 2.18. The van der Waals surface area contributed by atoms with Gasteiger partial charge in [-0.2, -0.15) is 5.26 Å². The van der Waals surface area contributed by atoms with Crippen LogP contribution in [0, 0.1) is 11.3 Å². The van der Waals surface area contributed by atoms with E-state index in [1.165, 1.54) is 7.11 Å². The summed E-state index contributed by atoms with van der Waals surface area (Å²) >= 11 is 0. The fraction of sp³-hybridized carbons (Fsp3) is 0.133. The van der Waals surface area contributed by atoms with Crippen molar-refractivity contribution in [3.8, 4) is 17.6 Å². The van der Waals surface area contributed by atoms with E-state index in [1.54, 1.807) is 42.5 Å². The summed E-state index contributed by atoms with van der Waals surface area (Å²) in [6, 6.07) is 13.7. The van der Waals surface area contributed by atoms with Crippen LogP contribution in [0.15, 0.2) is 42.5 Å². The lowest BCUT2D eigenvalue weighted by molar-refractivity contribution is 0.280. The standard InChI is InChI=1S/C15H14BNO4/c1-20-16(19)15-7-6-14(8-12(15)10-18)21-13-4-2-11(9-17)3-5-13/h2-8,18-19H,10H2,1H3. The molecule has 0 saturated heterocycles. The van der Waals surface area contributed by atoms with Crippen molar-refractivity contribution < 1.29 is 19.5 Å². The van der Waals surface area contributed by atoms with Gasteiger partial charge >= 0.3 is 7.12 Å². The van der Waals surface area contributed by atoms with E-state index in [2.05, 4.69) is 0 Å². The van der Waals surface area contributed by atoms with Gasteiger partial charge in [0.05, 0.1) is 18.2 Å². The van der Waals surface area contributed by atoms with Gasteiger partial charge in [0.15, 0.2) is 0 Å². The summed E-state index contributed by atoms with van der Waals surface area (Å²) in [5.41, 5.74) is 1.57. The zero-order valence-electron chi connectivity index (χ0n) is 11.5. The molecule has 0 spiro atoms. The van der Waals surface area contributed by atoms with Crippen LogP contribution in [0.3, 0.4) is 0 Å². The average molecular weight is 283 g/mol. The Bertz CT molecular complexity index is 652. The van der Waals surface area contributed by atoms with Gasteiger partial charge in [0, 0.05) is 7.11 Å². The van der Waals surface area contributed by atoms with Crippen molar-refractivity contribution in [2.75, 3.05) is 7.11 Å². The minimum Gasteiger partial charge on any atom is -0.457 e. The monoisotopic (exact) mass is 283 g/mol. The Balaban J connectivity index is 2.22. The highest BCUT2D eigenvalue weighted by Crippen LogP contribution is 2.22. The molecule has 0 bridgehead atoms. The van der Waals surface area contributed by atoms with E-state index in [0.717, 1.165) is 0 Å². The molecule has 0 aliphatic rings. The number of aliphatic hydroxyl groups is 1. The summed E-state index contributed by atoms with van der Waals surface area (Å²) in [4.78, 5) is 0. The van der Waals surface area contributed by atoms with Crippen molar-refractivity contribution in [2.45, 2.75) is 6.61 Å². The molecule has 21 heavy (non-hydrogen) atoms. The maximum Gasteiger partial charge on any atom is 0.491 e. The normalized spacial score (nSPS) is 10.0. The first-order valence-electron chi connectivity index (χ1n) is 6.30. The molecule has 106 valence electrons. The molecule has 6 heteroatoms. The molecule has 0 radical (unpaired) electrons. The highest BCUT2D eigenvalue weighted by molar-refractivity contribution is 6.60. The topological polar surface area (TPSA) is 82.7 Å². The maximum atomic E-state index is 9.67. The summed E-state index contributed by atoms with van der Waals surface area (Å²) in [6.45, 7) is -0.236. The van der Waals surface area contributed by atoms with Gasteiger partial charge in [-0.25, -0.2) is 0 Å². The molecule has 0 aromatic heterocycles. The second kappa shape index (κ2) is 6.91. The number of nitriles is 1. The van der Waals surface area contributed by atoms with Crippen LogP contribution in [0.1, 0.15) is 11.1 Å². The number of benzene rings is 2. The molecule has 0 heterocycles. The van der Waals surface area contributed by atoms with E-state index in [4.69, 9.17) is 14.7 Å². The molecule has 0 amide bonds. The van der Waals surface area contributed by atoms with Crippen LogP contribution in [0.5, 0.6) is 11.5 Å². The van der Waals surface area contributed by atoms with Crippen LogP contribution < -0.4 is 10.2 Å². The first kappa shape index (κ1) is 15.1. The summed E-state index contributed by atoms with van der Waals surface area (Å²) in [5, 5.41) is 27.8. The number of hydrogen-bond acceptors (Lipinski definition) is 5. The Morgan fingerprint density at radius 1 is 1.14 bits per heavy atom. The number of rotatable bonds is 5. The zero-order valence-corrected chi connectivity index (χ0v) is 11.5. The van der Waals surface area contributed by atoms with Gasteiger partial charge in [0.2, 0.25) is 0 Å². The van der Waals surface area contributed by atoms with Gasteiger partial charge in [0.1, 0.15) is 11.5 Å². The minimum atomic E-state index is -1.09. The summed E-state index contributed by atoms with van der Waals surface area (Å²) < 4.78 is 10.5. The summed E-state index contributed by atoms with van der Waals surface area (Å²) in [6.07, 6.45) is 0. The Morgan fingerprint density at radius 3 is 2.38 bits per heavy atom. The van der Waals surface area contributed by atoms with E-state index in [1.807, 2.05) is 6.07 Å². The van der Waals surface area contributed by atoms with E-state index < -0.39 is 7.12 Å². The van der Waals surface area contributed by atoms with Crippen molar-refractivity contribution in [1.29, 1.82) is 5.26 Å². The van der Waals surface area contributed by atoms with Crippen LogP contribution in [-0.4, -0.2) is 24.4 Å². The van der Waals surface area contributed by atoms with E-state index in [-0.39, 0.29) is 6.61 Å². The van der Waals surface area contributed by atoms with Crippen LogP contribution in [0.4, 0.5) is 0 Å². The van der Waals surface area contributed by atoms with Gasteiger partial charge in [-0.1, -0.05) is 6.07 Å². The number of ether oxygens (including phenoxy) is 1. The van der Waals surface area contributed by atoms with Gasteiger partial charge in [-0.15, -0.1) is 0 Å². The second-order valence-electron chi connectivity index (χ2n) is 4.35. The SMILES string of the molecule is COB(O)c1ccc(Oc2ccc(C#N)cc2)cc1CO. The number of aliphatic hydroxyl groups excluding tert-OH is 1. The molecular formula is C15H14BNO4. The molecule has 0 aliphatic carbocycles. The van der Waals surface area contributed by atoms with Crippen LogP contribution in [0.2, 0.25) is 0 Å². The van der Waals surface area contributed by atoms with Crippen molar-refractivity contribution in [1.82, 2.24) is 0 Å². The van der Waals surface area contributed by atoms with E-state index in [0.29, 0.717) is 28.1 Å². The lowest BCUT2D eigenvalue weighted by Crippen LogP contribution is -2.35. The Labute approximate surface area is 123 Å². The summed E-state index contributed by atoms with van der Waals surface area (Å²) in [5.74, 6) is 1.11. The Hall–Kier alpha value is -2.33. The molecule has 2 rings (SSSR count). The predicted molar refractivity (Wildman–Crippen MR) is 78.2 cm³/mol. The molecule has 2 aromatic rings. The Morgan fingerprint density at radius 2 is 1.81 bits per heavy atom. The molecule has 2 N–H and O–H groups in total. The van der Waals surface area contributed by atoms with Crippen molar-refractivity contribution in [3.05, 3.63) is 53.6 Å². The van der Waals surface area contributed by atoms with Gasteiger partial charge in [0.25, 0.3) is 0 Å². The minimum absolute atomic E-state index is 0.236. The summed E-state index contributed by atoms with van der Waals surface area (Å²) in [7, 11) is 0.295. The van der Waals surface area contributed by atoms with Crippen molar-refractivity contribution in [3.63, 3.8) is 0 Å². The number of nitrogens with zero attached hydrogens (tertiary/aromatic N) is 1. The predicted octanol–water partition coefficient (Wildman–Crippen LogP) is 1.18. The molecule has 0 aliphatic heterocycles. The molecule has 0 atom stereocenters. The molecule has 0 unspecified atom stereocenters. The lowest BCUT2D eigenvalue weighted by atomic mass is 9.76. The third kappa shape index (κ3) is 3.61. The zero-order chi connectivity index (χ0) is 15.2. The van der Waals surface area contributed by atoms with Gasteiger partial charge in [-0.05, 0) is 47.4 Å². The average Bonchev–Trinajstić information content (AvgIpc) is 2.54. The number of hydrogen-bond donors (Lipinski definition) is 2. The highest BCUT2D eigenvalue weighted by atomic mass is 16.5. The van der Waals surface area contributed by atoms with Crippen LogP contribution >= 0.6 is 0 Å². The van der Waals surface area contributed by atoms with Crippen molar-refractivity contribution >= 4 is 12.6 Å². The molecular weight excluding hydrogens is 269 g/mol. The van der Waals surface area contributed by atoms with Crippen LogP contribution in [-0.2, 0) is 11.3 Å². The third-order valence-electron chi connectivity index (χ3n) is 2.99. The maximum absolute atomic E-state index is 9.67. The first-order chi connectivity index (χ1) is 10.2. The molecule has 0 saturated carbocycles. The second-order valence-corrected chi connectivity index (χ2v) is 4.35. The van der Waals surface area contributed by atoms with E-state index >= 15 is 0 Å².